The standard InChI is InChI=1S/C18H22N4O2/c1-11-2-5-13(16(19)23)8-18(11,17(20)24)14-6-7-15(22-10-14)21-9-12-3-4-12/h2,5-7,10,12H,3-4,8-9H2,1H3,(H2,19,23)(H2,20,24)(H,21,22). The Morgan fingerprint density at radius 3 is 2.58 bits per heavy atom. The highest BCUT2D eigenvalue weighted by atomic mass is 16.1. The molecule has 6 nitrogen and oxygen atoms in total. The zero-order valence-corrected chi connectivity index (χ0v) is 13.7. The number of aromatic nitrogens is 1. The van der Waals surface area contributed by atoms with E-state index in [1.54, 1.807) is 18.3 Å². The highest BCUT2D eigenvalue weighted by Crippen LogP contribution is 2.40. The maximum atomic E-state index is 12.3. The number of carbonyl (C=O) groups excluding carboxylic acids is 2. The summed E-state index contributed by atoms with van der Waals surface area (Å²) in [5.74, 6) is 0.465. The number of hydrogen-bond donors (Lipinski definition) is 3. The van der Waals surface area contributed by atoms with Crippen molar-refractivity contribution in [1.82, 2.24) is 4.98 Å². The Labute approximate surface area is 141 Å². The van der Waals surface area contributed by atoms with Gasteiger partial charge in [-0.2, -0.15) is 0 Å². The summed E-state index contributed by atoms with van der Waals surface area (Å²) >= 11 is 0. The van der Waals surface area contributed by atoms with Crippen LogP contribution < -0.4 is 16.8 Å². The minimum atomic E-state index is -1.08. The summed E-state index contributed by atoms with van der Waals surface area (Å²) in [5, 5.41) is 3.29. The molecular formula is C18H22N4O2. The maximum absolute atomic E-state index is 12.3. The normalized spacial score (nSPS) is 23.2. The van der Waals surface area contributed by atoms with Gasteiger partial charge in [-0.1, -0.05) is 23.8 Å². The predicted octanol–water partition coefficient (Wildman–Crippen LogP) is 1.39. The van der Waals surface area contributed by atoms with Gasteiger partial charge in [-0.25, -0.2) is 4.98 Å². The van der Waals surface area contributed by atoms with E-state index in [0.29, 0.717) is 11.1 Å². The molecule has 0 aromatic carbocycles. The van der Waals surface area contributed by atoms with Gasteiger partial charge < -0.3 is 16.8 Å². The van der Waals surface area contributed by atoms with Gasteiger partial charge in [-0.15, -0.1) is 0 Å². The molecule has 1 fully saturated rings. The Morgan fingerprint density at radius 2 is 2.04 bits per heavy atom. The fourth-order valence-electron chi connectivity index (χ4n) is 3.10. The highest BCUT2D eigenvalue weighted by molar-refractivity contribution is 5.98. The molecule has 2 aliphatic carbocycles. The monoisotopic (exact) mass is 326 g/mol. The summed E-state index contributed by atoms with van der Waals surface area (Å²) in [5.41, 5.74) is 11.9. The molecule has 5 N–H and O–H groups in total. The molecule has 2 amide bonds. The smallest absolute Gasteiger partial charge is 0.244 e. The first-order valence-corrected chi connectivity index (χ1v) is 8.11. The quantitative estimate of drug-likeness (QED) is 0.733. The van der Waals surface area contributed by atoms with Gasteiger partial charge in [0.1, 0.15) is 11.2 Å². The van der Waals surface area contributed by atoms with Gasteiger partial charge in [0.2, 0.25) is 11.8 Å². The van der Waals surface area contributed by atoms with Gasteiger partial charge >= 0.3 is 0 Å². The van der Waals surface area contributed by atoms with E-state index in [0.717, 1.165) is 23.9 Å². The van der Waals surface area contributed by atoms with Crippen molar-refractivity contribution in [3.63, 3.8) is 0 Å². The number of pyridine rings is 1. The number of nitrogens with two attached hydrogens (primary N) is 2. The van der Waals surface area contributed by atoms with Crippen molar-refractivity contribution >= 4 is 17.6 Å². The SMILES string of the molecule is CC1=CC=C(C(N)=O)CC1(C(N)=O)c1ccc(NCC2CC2)nc1. The minimum Gasteiger partial charge on any atom is -0.370 e. The first-order valence-electron chi connectivity index (χ1n) is 8.11. The molecule has 3 rings (SSSR count). The van der Waals surface area contributed by atoms with Crippen molar-refractivity contribution in [3.8, 4) is 0 Å². The average molecular weight is 326 g/mol. The molecule has 1 saturated carbocycles. The molecule has 126 valence electrons. The van der Waals surface area contributed by atoms with Crippen molar-refractivity contribution in [2.24, 2.45) is 17.4 Å². The topological polar surface area (TPSA) is 111 Å². The van der Waals surface area contributed by atoms with Crippen LogP contribution >= 0.6 is 0 Å². The fourth-order valence-corrected chi connectivity index (χ4v) is 3.10. The number of anilines is 1. The molecule has 1 aromatic heterocycles. The molecule has 1 heterocycles. The highest BCUT2D eigenvalue weighted by Gasteiger charge is 2.43. The summed E-state index contributed by atoms with van der Waals surface area (Å²) in [4.78, 5) is 28.3. The van der Waals surface area contributed by atoms with Crippen LogP contribution in [0, 0.1) is 5.92 Å². The lowest BCUT2D eigenvalue weighted by atomic mass is 9.68. The van der Waals surface area contributed by atoms with Gasteiger partial charge in [-0.3, -0.25) is 9.59 Å². The van der Waals surface area contributed by atoms with E-state index in [1.807, 2.05) is 19.1 Å². The number of carbonyl (C=O) groups is 2. The van der Waals surface area contributed by atoms with Gasteiger partial charge in [0.25, 0.3) is 0 Å². The largest absolute Gasteiger partial charge is 0.370 e. The van der Waals surface area contributed by atoms with E-state index in [4.69, 9.17) is 11.5 Å². The summed E-state index contributed by atoms with van der Waals surface area (Å²) in [6.07, 6.45) is 7.73. The second-order valence-electron chi connectivity index (χ2n) is 6.61. The van der Waals surface area contributed by atoms with E-state index in [1.165, 1.54) is 12.8 Å². The number of hydrogen-bond acceptors (Lipinski definition) is 4. The minimum absolute atomic E-state index is 0.163. The van der Waals surface area contributed by atoms with Crippen molar-refractivity contribution in [2.45, 2.75) is 31.6 Å². The number of nitrogens with one attached hydrogen (secondary N) is 1. The zero-order chi connectivity index (χ0) is 17.3. The molecule has 0 aliphatic heterocycles. The number of primary amides is 2. The molecule has 1 unspecified atom stereocenters. The summed E-state index contributed by atoms with van der Waals surface area (Å²) in [6.45, 7) is 2.75. The van der Waals surface area contributed by atoms with Gasteiger partial charge in [0.05, 0.1) is 0 Å². The Bertz CT molecular complexity index is 732. The Kier molecular flexibility index (Phi) is 4.13. The average Bonchev–Trinajstić information content (AvgIpc) is 3.38. The molecule has 2 aliphatic rings. The molecule has 0 saturated heterocycles. The van der Waals surface area contributed by atoms with Crippen LogP contribution in [0.2, 0.25) is 0 Å². The van der Waals surface area contributed by atoms with Crippen LogP contribution in [0.15, 0.2) is 41.6 Å². The van der Waals surface area contributed by atoms with Crippen LogP contribution in [0.3, 0.4) is 0 Å². The lowest BCUT2D eigenvalue weighted by Crippen LogP contribution is -2.44. The Hall–Kier alpha value is -2.63. The van der Waals surface area contributed by atoms with Crippen LogP contribution in [-0.4, -0.2) is 23.3 Å². The van der Waals surface area contributed by atoms with E-state index in [-0.39, 0.29) is 6.42 Å². The van der Waals surface area contributed by atoms with Crippen molar-refractivity contribution in [3.05, 3.63) is 47.2 Å². The number of allylic oxidation sites excluding steroid dienone is 2. The van der Waals surface area contributed by atoms with Gasteiger partial charge in [-0.05, 0) is 37.3 Å². The third kappa shape index (κ3) is 2.91. The maximum Gasteiger partial charge on any atom is 0.244 e. The van der Waals surface area contributed by atoms with Crippen molar-refractivity contribution in [1.29, 1.82) is 0 Å². The van der Waals surface area contributed by atoms with Crippen LogP contribution in [0.25, 0.3) is 0 Å². The van der Waals surface area contributed by atoms with Gasteiger partial charge in [0, 0.05) is 24.7 Å². The summed E-state index contributed by atoms with van der Waals surface area (Å²) in [7, 11) is 0. The number of rotatable bonds is 6. The van der Waals surface area contributed by atoms with Crippen LogP contribution in [0.4, 0.5) is 5.82 Å². The lowest BCUT2D eigenvalue weighted by Gasteiger charge is -2.34. The lowest BCUT2D eigenvalue weighted by molar-refractivity contribution is -0.122. The fraction of sp³-hybridized carbons (Fsp3) is 0.389. The molecular weight excluding hydrogens is 304 g/mol. The first kappa shape index (κ1) is 16.2. The van der Waals surface area contributed by atoms with Crippen molar-refractivity contribution in [2.75, 3.05) is 11.9 Å². The number of nitrogens with zero attached hydrogens (tertiary/aromatic N) is 1. The first-order chi connectivity index (χ1) is 11.4. The van der Waals surface area contributed by atoms with E-state index in [2.05, 4.69) is 10.3 Å². The summed E-state index contributed by atoms with van der Waals surface area (Å²) in [6, 6.07) is 3.69. The van der Waals surface area contributed by atoms with Gasteiger partial charge in [0.15, 0.2) is 0 Å². The second kappa shape index (κ2) is 6.11. The molecule has 0 spiro atoms. The molecule has 1 aromatic rings. The third-order valence-electron chi connectivity index (χ3n) is 4.93. The molecule has 0 bridgehead atoms. The van der Waals surface area contributed by atoms with E-state index >= 15 is 0 Å². The Balaban J connectivity index is 1.90. The zero-order valence-electron chi connectivity index (χ0n) is 13.7. The van der Waals surface area contributed by atoms with Crippen LogP contribution in [-0.2, 0) is 15.0 Å². The van der Waals surface area contributed by atoms with Crippen LogP contribution in [0.1, 0.15) is 31.7 Å². The molecule has 6 heteroatoms. The summed E-state index contributed by atoms with van der Waals surface area (Å²) < 4.78 is 0. The van der Waals surface area contributed by atoms with Crippen molar-refractivity contribution < 1.29 is 9.59 Å². The van der Waals surface area contributed by atoms with E-state index in [9.17, 15) is 9.59 Å². The molecule has 24 heavy (non-hydrogen) atoms. The van der Waals surface area contributed by atoms with Crippen LogP contribution in [0.5, 0.6) is 0 Å². The third-order valence-corrected chi connectivity index (χ3v) is 4.93. The Morgan fingerprint density at radius 1 is 1.29 bits per heavy atom. The molecule has 0 radical (unpaired) electrons. The number of amides is 2. The predicted molar refractivity (Wildman–Crippen MR) is 92.0 cm³/mol. The molecule has 1 atom stereocenters. The second-order valence-corrected chi connectivity index (χ2v) is 6.61. The van der Waals surface area contributed by atoms with E-state index < -0.39 is 17.2 Å².